The molecule has 0 aliphatic carbocycles. The highest BCUT2D eigenvalue weighted by Crippen LogP contribution is 2.61. The van der Waals surface area contributed by atoms with Crippen LogP contribution >= 0.6 is 51.0 Å². The van der Waals surface area contributed by atoms with Gasteiger partial charge in [-0.15, -0.1) is 4.33 Å². The van der Waals surface area contributed by atoms with Crippen molar-refractivity contribution >= 4 is 66.8 Å². The van der Waals surface area contributed by atoms with Crippen molar-refractivity contribution in [1.29, 1.82) is 0 Å². The first kappa shape index (κ1) is 24.9. The van der Waals surface area contributed by atoms with Crippen LogP contribution in [0.1, 0.15) is 11.5 Å². The molecule has 1 rings (SSSR count). The molecule has 0 saturated carbocycles. The first-order valence-corrected chi connectivity index (χ1v) is 12.8. The van der Waals surface area contributed by atoms with Crippen LogP contribution < -0.4 is 0 Å². The first-order chi connectivity index (χ1) is 11.3. The summed E-state index contributed by atoms with van der Waals surface area (Å²) in [5.41, 5.74) is 0.323. The van der Waals surface area contributed by atoms with Crippen molar-refractivity contribution in [3.05, 3.63) is 39.9 Å². The molecular formula is C9H11Cl3NO9PS2. The van der Waals surface area contributed by atoms with Crippen LogP contribution in [-0.2, 0) is 24.1 Å². The van der Waals surface area contributed by atoms with E-state index in [1.54, 1.807) is 0 Å². The molecule has 1 aromatic carbocycles. The normalized spacial score (nSPS) is 12.8. The Balaban J connectivity index is 0.00000101. The number of hydrogen-bond donors (Lipinski definition) is 2. The van der Waals surface area contributed by atoms with E-state index in [0.29, 0.717) is 17.6 Å². The third kappa shape index (κ3) is 14.7. The average Bonchev–Trinajstić information content (AvgIpc) is 2.43. The molecule has 1 unspecified atom stereocenters. The summed E-state index contributed by atoms with van der Waals surface area (Å²) in [5, 5.41) is 18.7. The summed E-state index contributed by atoms with van der Waals surface area (Å²) >= 11 is 14.5. The summed E-state index contributed by atoms with van der Waals surface area (Å²) in [6, 6.07) is 5.21. The molecule has 1 atom stereocenters. The van der Waals surface area contributed by atoms with Crippen LogP contribution in [0.2, 0.25) is 0 Å². The van der Waals surface area contributed by atoms with Crippen LogP contribution in [0, 0.1) is 10.1 Å². The maximum atomic E-state index is 10.9. The fourth-order valence-electron chi connectivity index (χ4n) is 1.49. The highest BCUT2D eigenvalue weighted by molar-refractivity contribution is 8.24. The Morgan fingerprint density at radius 2 is 1.76 bits per heavy atom. The molecule has 0 aliphatic heterocycles. The van der Waals surface area contributed by atoms with Crippen molar-refractivity contribution in [3.63, 3.8) is 0 Å². The maximum Gasteiger partial charge on any atom is 0.339 e. The smallest absolute Gasteiger partial charge is 0.286 e. The molecule has 0 spiro atoms. The minimum Gasteiger partial charge on any atom is -0.286 e. The lowest BCUT2D eigenvalue weighted by atomic mass is 10.0. The number of halogens is 3. The van der Waals surface area contributed by atoms with Crippen molar-refractivity contribution in [1.82, 2.24) is 0 Å². The number of rotatable bonds is 8. The second-order valence-corrected chi connectivity index (χ2v) is 13.0. The van der Waals surface area contributed by atoms with Gasteiger partial charge in [-0.1, -0.05) is 17.2 Å². The Hall–Kier alpha value is -0.140. The number of nitro groups is 1. The standard InChI is InChI=1S/C9H11NO8S2.Cl3OP/c11-10(12)9-3-1-7(2-4-9)8(5-19-18-17-13)6-20(14,15)16;1-5(2,3)4/h1-4,8,13H,5-6H2,(H,14,15,16);. The van der Waals surface area contributed by atoms with Gasteiger partial charge in [-0.05, 0) is 39.3 Å². The van der Waals surface area contributed by atoms with E-state index in [4.69, 9.17) is 9.81 Å². The largest absolute Gasteiger partial charge is 0.339 e. The molecule has 16 heteroatoms. The van der Waals surface area contributed by atoms with Gasteiger partial charge < -0.3 is 0 Å². The number of non-ortho nitro benzene ring substituents is 1. The summed E-state index contributed by atoms with van der Waals surface area (Å²) in [6.07, 6.45) is 0. The van der Waals surface area contributed by atoms with Crippen molar-refractivity contribution < 1.29 is 37.1 Å². The number of nitrogens with zero attached hydrogens (tertiary/aromatic N) is 1. The summed E-state index contributed by atoms with van der Waals surface area (Å²) in [7, 11) is -4.24. The van der Waals surface area contributed by atoms with Gasteiger partial charge in [0, 0.05) is 35.8 Å². The number of hydrogen-bond acceptors (Lipinski definition) is 9. The van der Waals surface area contributed by atoms with Crippen LogP contribution in [-0.4, -0.2) is 34.7 Å². The van der Waals surface area contributed by atoms with Crippen LogP contribution in [0.15, 0.2) is 24.3 Å². The molecule has 1 aromatic rings. The van der Waals surface area contributed by atoms with Crippen molar-refractivity contribution in [2.24, 2.45) is 0 Å². The lowest BCUT2D eigenvalue weighted by Gasteiger charge is -2.14. The molecule has 0 amide bonds. The molecule has 25 heavy (non-hydrogen) atoms. The first-order valence-electron chi connectivity index (χ1n) is 5.81. The van der Waals surface area contributed by atoms with E-state index in [1.807, 2.05) is 0 Å². The van der Waals surface area contributed by atoms with Crippen molar-refractivity contribution in [2.75, 3.05) is 11.5 Å². The quantitative estimate of drug-likeness (QED) is 0.104. The second kappa shape index (κ2) is 11.5. The molecule has 0 fully saturated rings. The monoisotopic (exact) mass is 477 g/mol. The second-order valence-electron chi connectivity index (χ2n) is 4.12. The fourth-order valence-corrected chi connectivity index (χ4v) is 3.04. The zero-order valence-corrected chi connectivity index (χ0v) is 16.7. The third-order valence-electron chi connectivity index (χ3n) is 2.33. The van der Waals surface area contributed by atoms with Gasteiger partial charge in [0.05, 0.1) is 10.7 Å². The Morgan fingerprint density at radius 3 is 2.12 bits per heavy atom. The van der Waals surface area contributed by atoms with Crippen LogP contribution in [0.4, 0.5) is 5.69 Å². The molecule has 0 heterocycles. The molecule has 0 saturated heterocycles. The van der Waals surface area contributed by atoms with E-state index in [1.165, 1.54) is 24.3 Å². The number of nitro benzene ring substituents is 1. The SMILES string of the molecule is O=P(Cl)(Cl)Cl.O=[N+]([O-])c1ccc(C(CSOOO)CS(=O)(=O)O)cc1. The number of benzene rings is 1. The van der Waals surface area contributed by atoms with E-state index in [9.17, 15) is 23.1 Å². The summed E-state index contributed by atoms with van der Waals surface area (Å²) < 4.78 is 44.4. The minimum absolute atomic E-state index is 0.0398. The molecule has 0 aliphatic rings. The Labute approximate surface area is 161 Å². The molecule has 0 radical (unpaired) electrons. The Kier molecular flexibility index (Phi) is 11.5. The van der Waals surface area contributed by atoms with Crippen molar-refractivity contribution in [3.8, 4) is 0 Å². The molecular weight excluding hydrogens is 468 g/mol. The van der Waals surface area contributed by atoms with Gasteiger partial charge in [0.2, 0.25) is 0 Å². The van der Waals surface area contributed by atoms with E-state index in [0.717, 1.165) is 0 Å². The highest BCUT2D eigenvalue weighted by atomic mass is 36.0. The van der Waals surface area contributed by atoms with Gasteiger partial charge in [0.25, 0.3) is 15.8 Å². The molecule has 0 bridgehead atoms. The third-order valence-corrected chi connectivity index (χ3v) is 3.85. The van der Waals surface area contributed by atoms with E-state index in [2.05, 4.69) is 43.1 Å². The minimum atomic E-state index is -4.24. The van der Waals surface area contributed by atoms with Gasteiger partial charge in [0.1, 0.15) is 0 Å². The van der Waals surface area contributed by atoms with Gasteiger partial charge in [-0.25, -0.2) is 5.26 Å². The fraction of sp³-hybridized carbons (Fsp3) is 0.333. The predicted molar refractivity (Wildman–Crippen MR) is 94.7 cm³/mol. The van der Waals surface area contributed by atoms with Gasteiger partial charge >= 0.3 is 5.20 Å². The molecule has 2 N–H and O–H groups in total. The zero-order chi connectivity index (χ0) is 19.7. The molecule has 144 valence electrons. The van der Waals surface area contributed by atoms with E-state index < -0.39 is 31.9 Å². The highest BCUT2D eigenvalue weighted by Gasteiger charge is 2.20. The van der Waals surface area contributed by atoms with Crippen molar-refractivity contribution in [2.45, 2.75) is 5.92 Å². The van der Waals surface area contributed by atoms with Crippen LogP contribution in [0.3, 0.4) is 0 Å². The van der Waals surface area contributed by atoms with Gasteiger partial charge in [-0.2, -0.15) is 8.42 Å². The van der Waals surface area contributed by atoms with E-state index >= 15 is 0 Å². The summed E-state index contributed by atoms with van der Waals surface area (Å²) in [4.78, 5) is 9.94. The summed E-state index contributed by atoms with van der Waals surface area (Å²) in [6.45, 7) is 0. The van der Waals surface area contributed by atoms with E-state index in [-0.39, 0.29) is 11.4 Å². The predicted octanol–water partition coefficient (Wildman–Crippen LogP) is 4.45. The van der Waals surface area contributed by atoms with Crippen LogP contribution in [0.25, 0.3) is 0 Å². The summed E-state index contributed by atoms with van der Waals surface area (Å²) in [5.74, 6) is -1.24. The lowest BCUT2D eigenvalue weighted by Crippen LogP contribution is -2.16. The average molecular weight is 479 g/mol. The van der Waals surface area contributed by atoms with Crippen LogP contribution in [0.5, 0.6) is 0 Å². The van der Waals surface area contributed by atoms with Gasteiger partial charge in [0.15, 0.2) is 0 Å². The Bertz CT molecular complexity index is 689. The molecule has 0 aromatic heterocycles. The zero-order valence-electron chi connectivity index (χ0n) is 11.9. The lowest BCUT2D eigenvalue weighted by molar-refractivity contribution is -0.432. The Morgan fingerprint density at radius 1 is 1.28 bits per heavy atom. The maximum absolute atomic E-state index is 10.9. The topological polar surface area (TPSA) is 153 Å². The van der Waals surface area contributed by atoms with Gasteiger partial charge in [-0.3, -0.25) is 19.2 Å². The molecule has 10 nitrogen and oxygen atoms in total.